The maximum Gasteiger partial charge on any atom is 0.0793 e. The van der Waals surface area contributed by atoms with Crippen LogP contribution < -0.4 is 5.32 Å². The molecule has 1 saturated heterocycles. The van der Waals surface area contributed by atoms with Crippen LogP contribution in [0.15, 0.2) is 0 Å². The number of hydrogen-bond acceptors (Lipinski definition) is 8. The summed E-state index contributed by atoms with van der Waals surface area (Å²) in [6.45, 7) is 18.2. The number of aliphatic hydroxyl groups excluding tert-OH is 3. The fraction of sp³-hybridized carbons (Fsp3) is 1.00. The molecule has 1 rings (SSSR count). The van der Waals surface area contributed by atoms with Crippen LogP contribution in [0, 0.1) is 0 Å². The second-order valence-electron chi connectivity index (χ2n) is 7.68. The van der Waals surface area contributed by atoms with Crippen molar-refractivity contribution in [3.05, 3.63) is 0 Å². The van der Waals surface area contributed by atoms with Gasteiger partial charge in [0.15, 0.2) is 0 Å². The minimum atomic E-state index is -0.501. The van der Waals surface area contributed by atoms with Crippen LogP contribution >= 0.6 is 0 Å². The molecule has 1 unspecified atom stereocenters. The molecule has 4 N–H and O–H groups in total. The maximum atomic E-state index is 10.6. The summed E-state index contributed by atoms with van der Waals surface area (Å²) in [7, 11) is 0. The molecule has 0 amide bonds. The van der Waals surface area contributed by atoms with Gasteiger partial charge in [-0.25, -0.2) is 0 Å². The highest BCUT2D eigenvalue weighted by atomic mass is 16.3. The van der Waals surface area contributed by atoms with E-state index in [1.54, 1.807) is 0 Å². The van der Waals surface area contributed by atoms with Gasteiger partial charge in [0.25, 0.3) is 0 Å². The van der Waals surface area contributed by atoms with Crippen molar-refractivity contribution in [2.24, 2.45) is 0 Å². The van der Waals surface area contributed by atoms with Crippen LogP contribution in [0.25, 0.3) is 0 Å². The van der Waals surface area contributed by atoms with E-state index in [4.69, 9.17) is 0 Å². The number of aliphatic hydroxyl groups is 3. The third kappa shape index (κ3) is 9.93. The van der Waals surface area contributed by atoms with Crippen LogP contribution in [-0.2, 0) is 0 Å². The highest BCUT2D eigenvalue weighted by molar-refractivity contribution is 4.76. The first-order valence-electron chi connectivity index (χ1n) is 11.1. The van der Waals surface area contributed by atoms with Crippen molar-refractivity contribution in [3.8, 4) is 0 Å². The van der Waals surface area contributed by atoms with E-state index < -0.39 is 6.10 Å². The predicted molar refractivity (Wildman–Crippen MR) is 115 cm³/mol. The van der Waals surface area contributed by atoms with E-state index in [1.165, 1.54) is 0 Å². The largest absolute Gasteiger partial charge is 0.395 e. The normalized spacial score (nSPS) is 21.0. The summed E-state index contributed by atoms with van der Waals surface area (Å²) in [4.78, 5) is 9.28. The summed E-state index contributed by atoms with van der Waals surface area (Å²) in [6, 6.07) is -0.301. The number of β-amino-alcohol motifs (C(OH)–C–C–N with tert-alkyl or cyclic N) is 1. The molecule has 1 atom stereocenters. The lowest BCUT2D eigenvalue weighted by Crippen LogP contribution is -2.49. The molecular weight excluding hydrogens is 358 g/mol. The number of rotatable bonds is 10. The Morgan fingerprint density at radius 1 is 0.821 bits per heavy atom. The first-order valence-corrected chi connectivity index (χ1v) is 11.1. The summed E-state index contributed by atoms with van der Waals surface area (Å²) < 4.78 is 0. The number of nitrogens with one attached hydrogen (secondary N) is 1. The maximum absolute atomic E-state index is 10.6. The summed E-state index contributed by atoms with van der Waals surface area (Å²) in [5, 5.41) is 33.0. The topological polar surface area (TPSA) is 85.7 Å². The standard InChI is InChI=1S/C20H45N5O3/c1-4-22-9-7-21-8-10-24(14-13-23(5-2)12-11-22)15-20(28)16-25(6-3)19(17-26)18-27/h19-21,26-28H,4-18H2,1-3H3. The molecule has 0 aromatic rings. The third-order valence-corrected chi connectivity index (χ3v) is 5.83. The summed E-state index contributed by atoms with van der Waals surface area (Å²) in [5.74, 6) is 0. The van der Waals surface area contributed by atoms with Crippen LogP contribution in [0.2, 0.25) is 0 Å². The zero-order chi connectivity index (χ0) is 20.8. The molecule has 28 heavy (non-hydrogen) atoms. The van der Waals surface area contributed by atoms with E-state index in [-0.39, 0.29) is 19.3 Å². The van der Waals surface area contributed by atoms with Gasteiger partial charge >= 0.3 is 0 Å². The quantitative estimate of drug-likeness (QED) is 0.353. The first kappa shape index (κ1) is 25.7. The van der Waals surface area contributed by atoms with Gasteiger partial charge in [0.05, 0.1) is 25.4 Å². The number of likely N-dealkylation sites (N-methyl/N-ethyl adjacent to an activating group) is 3. The van der Waals surface area contributed by atoms with E-state index in [9.17, 15) is 15.3 Å². The van der Waals surface area contributed by atoms with Crippen LogP contribution in [0.1, 0.15) is 20.8 Å². The third-order valence-electron chi connectivity index (χ3n) is 5.83. The number of nitrogens with zero attached hydrogens (tertiary/aromatic N) is 4. The Morgan fingerprint density at radius 2 is 1.32 bits per heavy atom. The summed E-state index contributed by atoms with van der Waals surface area (Å²) in [5.41, 5.74) is 0. The lowest BCUT2D eigenvalue weighted by Gasteiger charge is -2.34. The smallest absolute Gasteiger partial charge is 0.0793 e. The molecule has 8 nitrogen and oxygen atoms in total. The SMILES string of the molecule is CCN1CCNCCN(CC(O)CN(CC)C(CO)CO)CCN(CC)CC1. The first-order chi connectivity index (χ1) is 13.6. The molecule has 0 spiro atoms. The molecule has 0 bridgehead atoms. The second-order valence-corrected chi connectivity index (χ2v) is 7.68. The average Bonchev–Trinajstić information content (AvgIpc) is 2.70. The lowest BCUT2D eigenvalue weighted by molar-refractivity contribution is 0.0244. The Labute approximate surface area is 172 Å². The Morgan fingerprint density at radius 3 is 1.82 bits per heavy atom. The van der Waals surface area contributed by atoms with Gasteiger partial charge in [0.2, 0.25) is 0 Å². The van der Waals surface area contributed by atoms with Crippen LogP contribution in [-0.4, -0.2) is 145 Å². The van der Waals surface area contributed by atoms with Gasteiger partial charge in [0, 0.05) is 65.4 Å². The van der Waals surface area contributed by atoms with Crippen molar-refractivity contribution in [3.63, 3.8) is 0 Å². The molecule has 0 saturated carbocycles. The van der Waals surface area contributed by atoms with Gasteiger partial charge in [-0.2, -0.15) is 0 Å². The Balaban J connectivity index is 2.59. The van der Waals surface area contributed by atoms with E-state index in [1.807, 2.05) is 11.8 Å². The molecule has 0 aromatic carbocycles. The molecule has 8 heteroatoms. The summed E-state index contributed by atoms with van der Waals surface area (Å²) >= 11 is 0. The highest BCUT2D eigenvalue weighted by Crippen LogP contribution is 2.03. The molecule has 0 aliphatic carbocycles. The monoisotopic (exact) mass is 403 g/mol. The van der Waals surface area contributed by atoms with E-state index in [0.717, 1.165) is 65.4 Å². The van der Waals surface area contributed by atoms with Gasteiger partial charge in [-0.05, 0) is 19.6 Å². The molecule has 168 valence electrons. The van der Waals surface area contributed by atoms with Crippen molar-refractivity contribution >= 4 is 0 Å². The van der Waals surface area contributed by atoms with Gasteiger partial charge in [0.1, 0.15) is 0 Å². The van der Waals surface area contributed by atoms with Crippen molar-refractivity contribution < 1.29 is 15.3 Å². The minimum Gasteiger partial charge on any atom is -0.395 e. The van der Waals surface area contributed by atoms with Crippen LogP contribution in [0.5, 0.6) is 0 Å². The molecule has 1 aliphatic heterocycles. The molecule has 1 heterocycles. The molecule has 1 aliphatic rings. The molecule has 0 radical (unpaired) electrons. The molecular formula is C20H45N5O3. The predicted octanol–water partition coefficient (Wildman–Crippen LogP) is -1.43. The van der Waals surface area contributed by atoms with Crippen molar-refractivity contribution in [1.29, 1.82) is 0 Å². The van der Waals surface area contributed by atoms with Crippen LogP contribution in [0.3, 0.4) is 0 Å². The van der Waals surface area contributed by atoms with E-state index >= 15 is 0 Å². The van der Waals surface area contributed by atoms with Gasteiger partial charge in [-0.3, -0.25) is 9.80 Å². The Kier molecular flexibility index (Phi) is 14.2. The fourth-order valence-corrected chi connectivity index (χ4v) is 3.77. The van der Waals surface area contributed by atoms with Gasteiger partial charge < -0.3 is 30.4 Å². The van der Waals surface area contributed by atoms with E-state index in [2.05, 4.69) is 33.9 Å². The molecule has 0 aromatic heterocycles. The number of hydrogen-bond donors (Lipinski definition) is 4. The average molecular weight is 404 g/mol. The summed E-state index contributed by atoms with van der Waals surface area (Å²) in [6.07, 6.45) is -0.501. The zero-order valence-electron chi connectivity index (χ0n) is 18.4. The fourth-order valence-electron chi connectivity index (χ4n) is 3.77. The zero-order valence-corrected chi connectivity index (χ0v) is 18.4. The van der Waals surface area contributed by atoms with Crippen molar-refractivity contribution in [2.75, 3.05) is 98.3 Å². The van der Waals surface area contributed by atoms with Gasteiger partial charge in [-0.1, -0.05) is 20.8 Å². The Bertz CT molecular complexity index is 374. The second kappa shape index (κ2) is 15.5. The minimum absolute atomic E-state index is 0.0923. The van der Waals surface area contributed by atoms with Crippen molar-refractivity contribution in [2.45, 2.75) is 32.9 Å². The van der Waals surface area contributed by atoms with Gasteiger partial charge in [-0.15, -0.1) is 0 Å². The van der Waals surface area contributed by atoms with Crippen LogP contribution in [0.4, 0.5) is 0 Å². The lowest BCUT2D eigenvalue weighted by atomic mass is 10.2. The van der Waals surface area contributed by atoms with Crippen molar-refractivity contribution in [1.82, 2.24) is 24.9 Å². The molecule has 1 fully saturated rings. The Hall–Kier alpha value is -0.320. The highest BCUT2D eigenvalue weighted by Gasteiger charge is 2.21. The van der Waals surface area contributed by atoms with E-state index in [0.29, 0.717) is 19.6 Å².